The minimum Gasteiger partial charge on any atom is -0.386 e. The molecule has 1 aliphatic rings. The highest BCUT2D eigenvalue weighted by Crippen LogP contribution is 2.26. The van der Waals surface area contributed by atoms with Crippen LogP contribution in [0.4, 0.5) is 0 Å². The number of aliphatic hydroxyl groups is 1. The SMILES string of the molecule is O[C@@H]1COCc2cc(Br)ccc21. The van der Waals surface area contributed by atoms with E-state index >= 15 is 0 Å². The smallest absolute Gasteiger partial charge is 0.103 e. The third-order valence-corrected chi connectivity index (χ3v) is 2.49. The Morgan fingerprint density at radius 1 is 1.50 bits per heavy atom. The van der Waals surface area contributed by atoms with Crippen LogP contribution in [-0.4, -0.2) is 11.7 Å². The lowest BCUT2D eigenvalue weighted by Crippen LogP contribution is -2.15. The molecule has 0 saturated heterocycles. The molecule has 0 saturated carbocycles. The van der Waals surface area contributed by atoms with Gasteiger partial charge in [0.2, 0.25) is 0 Å². The number of fused-ring (bicyclic) bond motifs is 1. The molecule has 12 heavy (non-hydrogen) atoms. The van der Waals surface area contributed by atoms with Crippen molar-refractivity contribution in [3.63, 3.8) is 0 Å². The average molecular weight is 229 g/mol. The topological polar surface area (TPSA) is 29.5 Å². The van der Waals surface area contributed by atoms with Gasteiger partial charge in [0.25, 0.3) is 0 Å². The first-order valence-corrected chi connectivity index (χ1v) is 4.61. The van der Waals surface area contributed by atoms with E-state index in [-0.39, 0.29) is 0 Å². The summed E-state index contributed by atoms with van der Waals surface area (Å²) >= 11 is 3.37. The van der Waals surface area contributed by atoms with Crippen LogP contribution < -0.4 is 0 Å². The molecule has 0 fully saturated rings. The van der Waals surface area contributed by atoms with Crippen molar-refractivity contribution >= 4 is 15.9 Å². The van der Waals surface area contributed by atoms with Crippen LogP contribution >= 0.6 is 15.9 Å². The van der Waals surface area contributed by atoms with Crippen molar-refractivity contribution in [1.29, 1.82) is 0 Å². The van der Waals surface area contributed by atoms with E-state index in [0.29, 0.717) is 13.2 Å². The van der Waals surface area contributed by atoms with Gasteiger partial charge in [-0.05, 0) is 23.3 Å². The van der Waals surface area contributed by atoms with Crippen LogP contribution in [-0.2, 0) is 11.3 Å². The summed E-state index contributed by atoms with van der Waals surface area (Å²) in [6, 6.07) is 5.86. The van der Waals surface area contributed by atoms with Crippen molar-refractivity contribution in [2.75, 3.05) is 6.61 Å². The Bertz CT molecular complexity index is 299. The molecule has 64 valence electrons. The van der Waals surface area contributed by atoms with Crippen molar-refractivity contribution in [2.45, 2.75) is 12.7 Å². The second kappa shape index (κ2) is 3.17. The van der Waals surface area contributed by atoms with Gasteiger partial charge >= 0.3 is 0 Å². The third kappa shape index (κ3) is 1.40. The molecule has 0 unspecified atom stereocenters. The fourth-order valence-corrected chi connectivity index (χ4v) is 1.80. The average Bonchev–Trinajstić information content (AvgIpc) is 2.04. The quantitative estimate of drug-likeness (QED) is 0.737. The molecule has 1 aromatic carbocycles. The Hall–Kier alpha value is -0.380. The molecule has 1 heterocycles. The van der Waals surface area contributed by atoms with E-state index in [1.165, 1.54) is 0 Å². The van der Waals surface area contributed by atoms with Gasteiger partial charge in [-0.2, -0.15) is 0 Å². The lowest BCUT2D eigenvalue weighted by Gasteiger charge is -2.21. The fourth-order valence-electron chi connectivity index (χ4n) is 1.39. The minimum absolute atomic E-state index is 0.411. The largest absolute Gasteiger partial charge is 0.386 e. The second-order valence-electron chi connectivity index (χ2n) is 2.87. The summed E-state index contributed by atoms with van der Waals surface area (Å²) in [6.45, 7) is 1.01. The minimum atomic E-state index is -0.457. The Labute approximate surface area is 79.3 Å². The van der Waals surface area contributed by atoms with Crippen LogP contribution in [0.2, 0.25) is 0 Å². The van der Waals surface area contributed by atoms with Crippen molar-refractivity contribution in [2.24, 2.45) is 0 Å². The highest BCUT2D eigenvalue weighted by Gasteiger charge is 2.17. The van der Waals surface area contributed by atoms with Gasteiger partial charge < -0.3 is 9.84 Å². The monoisotopic (exact) mass is 228 g/mol. The summed E-state index contributed by atoms with van der Waals surface area (Å²) in [6.07, 6.45) is -0.457. The summed E-state index contributed by atoms with van der Waals surface area (Å²) in [5, 5.41) is 9.51. The van der Waals surface area contributed by atoms with Crippen LogP contribution in [0.1, 0.15) is 17.2 Å². The van der Waals surface area contributed by atoms with Gasteiger partial charge in [-0.3, -0.25) is 0 Å². The zero-order valence-corrected chi connectivity index (χ0v) is 8.04. The maximum atomic E-state index is 9.51. The first-order valence-electron chi connectivity index (χ1n) is 3.81. The molecule has 0 aliphatic carbocycles. The predicted molar refractivity (Wildman–Crippen MR) is 48.8 cm³/mol. The number of hydrogen-bond acceptors (Lipinski definition) is 2. The fraction of sp³-hybridized carbons (Fsp3) is 0.333. The lowest BCUT2D eigenvalue weighted by molar-refractivity contribution is 0.00977. The van der Waals surface area contributed by atoms with Crippen LogP contribution in [0.3, 0.4) is 0 Å². The second-order valence-corrected chi connectivity index (χ2v) is 3.79. The van der Waals surface area contributed by atoms with Gasteiger partial charge in [0.1, 0.15) is 6.10 Å². The molecule has 0 spiro atoms. The summed E-state index contributed by atoms with van der Waals surface area (Å²) < 4.78 is 6.22. The van der Waals surface area contributed by atoms with E-state index in [9.17, 15) is 5.11 Å². The van der Waals surface area contributed by atoms with Crippen molar-refractivity contribution in [3.05, 3.63) is 33.8 Å². The Morgan fingerprint density at radius 2 is 2.33 bits per heavy atom. The highest BCUT2D eigenvalue weighted by atomic mass is 79.9. The van der Waals surface area contributed by atoms with Gasteiger partial charge in [0.15, 0.2) is 0 Å². The molecule has 1 aliphatic heterocycles. The zero-order chi connectivity index (χ0) is 8.55. The maximum absolute atomic E-state index is 9.51. The summed E-state index contributed by atoms with van der Waals surface area (Å²) in [5.41, 5.74) is 2.06. The van der Waals surface area contributed by atoms with Gasteiger partial charge in [-0.15, -0.1) is 0 Å². The van der Waals surface area contributed by atoms with Crippen molar-refractivity contribution < 1.29 is 9.84 Å². The molecule has 0 radical (unpaired) electrons. The number of benzene rings is 1. The standard InChI is InChI=1S/C9H9BrO2/c10-7-1-2-8-6(3-7)4-12-5-9(8)11/h1-3,9,11H,4-5H2/t9-/m1/s1. The summed E-state index contributed by atoms with van der Waals surface area (Å²) in [7, 11) is 0. The Balaban J connectivity index is 2.46. The van der Waals surface area contributed by atoms with Crippen LogP contribution in [0.15, 0.2) is 22.7 Å². The number of ether oxygens (including phenoxy) is 1. The molecule has 0 bridgehead atoms. The van der Waals surface area contributed by atoms with E-state index in [0.717, 1.165) is 15.6 Å². The number of hydrogen-bond donors (Lipinski definition) is 1. The van der Waals surface area contributed by atoms with E-state index in [1.807, 2.05) is 18.2 Å². The highest BCUT2D eigenvalue weighted by molar-refractivity contribution is 9.10. The van der Waals surface area contributed by atoms with Gasteiger partial charge in [0.05, 0.1) is 13.2 Å². The molecular weight excluding hydrogens is 220 g/mol. The first kappa shape index (κ1) is 8.23. The molecule has 1 aromatic rings. The molecule has 2 rings (SSSR count). The predicted octanol–water partition coefficient (Wildman–Crippen LogP) is 2.01. The van der Waals surface area contributed by atoms with Crippen LogP contribution in [0.5, 0.6) is 0 Å². The van der Waals surface area contributed by atoms with Gasteiger partial charge in [0, 0.05) is 4.47 Å². The van der Waals surface area contributed by atoms with Crippen molar-refractivity contribution in [1.82, 2.24) is 0 Å². The maximum Gasteiger partial charge on any atom is 0.103 e. The van der Waals surface area contributed by atoms with E-state index in [4.69, 9.17) is 4.74 Å². The lowest BCUT2D eigenvalue weighted by atomic mass is 10.0. The molecule has 3 heteroatoms. The number of rotatable bonds is 0. The molecule has 1 N–H and O–H groups in total. The van der Waals surface area contributed by atoms with Gasteiger partial charge in [-0.1, -0.05) is 22.0 Å². The summed E-state index contributed by atoms with van der Waals surface area (Å²) in [4.78, 5) is 0. The Kier molecular flexibility index (Phi) is 2.17. The molecule has 0 amide bonds. The molecule has 2 nitrogen and oxygen atoms in total. The van der Waals surface area contributed by atoms with E-state index < -0.39 is 6.10 Å². The van der Waals surface area contributed by atoms with E-state index in [1.54, 1.807) is 0 Å². The third-order valence-electron chi connectivity index (χ3n) is 2.00. The van der Waals surface area contributed by atoms with Crippen molar-refractivity contribution in [3.8, 4) is 0 Å². The number of aliphatic hydroxyl groups excluding tert-OH is 1. The van der Waals surface area contributed by atoms with Crippen LogP contribution in [0, 0.1) is 0 Å². The molecule has 1 atom stereocenters. The zero-order valence-electron chi connectivity index (χ0n) is 6.46. The molecular formula is C9H9BrO2. The van der Waals surface area contributed by atoms with Crippen LogP contribution in [0.25, 0.3) is 0 Å². The van der Waals surface area contributed by atoms with E-state index in [2.05, 4.69) is 15.9 Å². The Morgan fingerprint density at radius 3 is 3.17 bits per heavy atom. The summed E-state index contributed by atoms with van der Waals surface area (Å²) in [5.74, 6) is 0. The normalized spacial score (nSPS) is 22.0. The van der Waals surface area contributed by atoms with Gasteiger partial charge in [-0.25, -0.2) is 0 Å². The first-order chi connectivity index (χ1) is 5.77. The molecule has 0 aromatic heterocycles. The number of halogens is 1.